The highest BCUT2D eigenvalue weighted by Gasteiger charge is 2.36. The molecule has 2 fully saturated rings. The van der Waals surface area contributed by atoms with Crippen LogP contribution in [0.1, 0.15) is 24.8 Å². The molecule has 2 aliphatic rings. The van der Waals surface area contributed by atoms with E-state index in [2.05, 4.69) is 0 Å². The predicted molar refractivity (Wildman–Crippen MR) is 75.1 cm³/mol. The molecule has 2 aliphatic heterocycles. The highest BCUT2D eigenvalue weighted by molar-refractivity contribution is 5.79. The molecular formula is C16H20FNO3. The van der Waals surface area contributed by atoms with Crippen LogP contribution in [0.5, 0.6) is 0 Å². The molecule has 2 heterocycles. The molecule has 0 spiro atoms. The molecule has 2 saturated heterocycles. The first-order chi connectivity index (χ1) is 10.3. The number of ether oxygens (including phenoxy) is 2. The van der Waals surface area contributed by atoms with E-state index in [1.165, 1.54) is 6.07 Å². The van der Waals surface area contributed by atoms with Crippen molar-refractivity contribution in [3.63, 3.8) is 0 Å². The number of hydrogen-bond acceptors (Lipinski definition) is 3. The van der Waals surface area contributed by atoms with E-state index in [9.17, 15) is 9.18 Å². The van der Waals surface area contributed by atoms with Crippen LogP contribution in [0.15, 0.2) is 24.3 Å². The van der Waals surface area contributed by atoms with Crippen LogP contribution < -0.4 is 0 Å². The van der Waals surface area contributed by atoms with Crippen molar-refractivity contribution < 1.29 is 18.7 Å². The molecule has 0 radical (unpaired) electrons. The van der Waals surface area contributed by atoms with Crippen molar-refractivity contribution >= 4 is 5.91 Å². The van der Waals surface area contributed by atoms with Gasteiger partial charge < -0.3 is 14.4 Å². The molecule has 4 nitrogen and oxygen atoms in total. The molecule has 1 unspecified atom stereocenters. The smallest absolute Gasteiger partial charge is 0.227 e. The van der Waals surface area contributed by atoms with Crippen molar-refractivity contribution in [3.8, 4) is 0 Å². The second-order valence-electron chi connectivity index (χ2n) is 5.53. The van der Waals surface area contributed by atoms with Gasteiger partial charge in [-0.15, -0.1) is 0 Å². The Hall–Kier alpha value is -1.46. The fourth-order valence-corrected chi connectivity index (χ4v) is 3.05. The van der Waals surface area contributed by atoms with E-state index >= 15 is 0 Å². The van der Waals surface area contributed by atoms with E-state index in [1.54, 1.807) is 18.2 Å². The first-order valence-electron chi connectivity index (χ1n) is 7.52. The number of nitrogens with zero attached hydrogens (tertiary/aromatic N) is 1. The van der Waals surface area contributed by atoms with E-state index in [1.807, 2.05) is 4.90 Å². The molecule has 0 aromatic heterocycles. The lowest BCUT2D eigenvalue weighted by atomic mass is 10.00. The van der Waals surface area contributed by atoms with Gasteiger partial charge in [0, 0.05) is 6.54 Å². The fraction of sp³-hybridized carbons (Fsp3) is 0.562. The van der Waals surface area contributed by atoms with Gasteiger partial charge in [0.15, 0.2) is 6.29 Å². The van der Waals surface area contributed by atoms with Crippen LogP contribution in [-0.4, -0.2) is 42.9 Å². The Morgan fingerprint density at radius 1 is 1.24 bits per heavy atom. The number of halogens is 1. The maximum atomic E-state index is 13.7. The zero-order valence-corrected chi connectivity index (χ0v) is 12.0. The molecule has 0 aliphatic carbocycles. The van der Waals surface area contributed by atoms with E-state index in [0.717, 1.165) is 19.3 Å². The van der Waals surface area contributed by atoms with Gasteiger partial charge in [-0.2, -0.15) is 0 Å². The number of amides is 1. The van der Waals surface area contributed by atoms with Crippen molar-refractivity contribution in [3.05, 3.63) is 35.6 Å². The second-order valence-corrected chi connectivity index (χ2v) is 5.53. The molecule has 0 saturated carbocycles. The lowest BCUT2D eigenvalue weighted by Gasteiger charge is -2.38. The van der Waals surface area contributed by atoms with Crippen LogP contribution in [0.3, 0.4) is 0 Å². The van der Waals surface area contributed by atoms with Crippen LogP contribution >= 0.6 is 0 Å². The standard InChI is InChI=1S/C16H20FNO3/c17-13-6-2-1-5-12(13)11-15(19)18-8-4-3-7-14(18)16-20-9-10-21-16/h1-2,5-6,14,16H,3-4,7-11H2. The number of likely N-dealkylation sites (tertiary alicyclic amines) is 1. The van der Waals surface area contributed by atoms with Crippen LogP contribution in [-0.2, 0) is 20.7 Å². The first-order valence-corrected chi connectivity index (χ1v) is 7.52. The second kappa shape index (κ2) is 6.54. The summed E-state index contributed by atoms with van der Waals surface area (Å²) in [5, 5.41) is 0. The highest BCUT2D eigenvalue weighted by Crippen LogP contribution is 2.25. The van der Waals surface area contributed by atoms with Gasteiger partial charge in [-0.1, -0.05) is 18.2 Å². The number of rotatable bonds is 3. The number of piperidine rings is 1. The molecule has 114 valence electrons. The van der Waals surface area contributed by atoms with Crippen molar-refractivity contribution in [1.82, 2.24) is 4.90 Å². The third-order valence-corrected chi connectivity index (χ3v) is 4.13. The SMILES string of the molecule is O=C(Cc1ccccc1F)N1CCCCC1C1OCCO1. The Balaban J connectivity index is 1.70. The number of benzene rings is 1. The van der Waals surface area contributed by atoms with Crippen LogP contribution in [0.4, 0.5) is 4.39 Å². The lowest BCUT2D eigenvalue weighted by molar-refractivity contribution is -0.150. The van der Waals surface area contributed by atoms with Gasteiger partial charge in [0.05, 0.1) is 25.7 Å². The minimum Gasteiger partial charge on any atom is -0.348 e. The van der Waals surface area contributed by atoms with Gasteiger partial charge >= 0.3 is 0 Å². The van der Waals surface area contributed by atoms with E-state index in [4.69, 9.17) is 9.47 Å². The summed E-state index contributed by atoms with van der Waals surface area (Å²) in [5.74, 6) is -0.378. The topological polar surface area (TPSA) is 38.8 Å². The van der Waals surface area contributed by atoms with Crippen LogP contribution in [0.25, 0.3) is 0 Å². The minimum absolute atomic E-state index is 0.0412. The summed E-state index contributed by atoms with van der Waals surface area (Å²) in [6, 6.07) is 6.39. The first kappa shape index (κ1) is 14.5. The Bertz CT molecular complexity index is 502. The van der Waals surface area contributed by atoms with E-state index < -0.39 is 0 Å². The zero-order chi connectivity index (χ0) is 14.7. The van der Waals surface area contributed by atoms with E-state index in [-0.39, 0.29) is 30.5 Å². The largest absolute Gasteiger partial charge is 0.348 e. The van der Waals surface area contributed by atoms with Gasteiger partial charge in [-0.25, -0.2) is 4.39 Å². The van der Waals surface area contributed by atoms with Crippen molar-refractivity contribution in [2.45, 2.75) is 38.0 Å². The summed E-state index contributed by atoms with van der Waals surface area (Å²) < 4.78 is 24.8. The molecule has 21 heavy (non-hydrogen) atoms. The van der Waals surface area contributed by atoms with E-state index in [0.29, 0.717) is 25.3 Å². The fourth-order valence-electron chi connectivity index (χ4n) is 3.05. The third-order valence-electron chi connectivity index (χ3n) is 4.13. The average molecular weight is 293 g/mol. The molecule has 1 amide bonds. The Morgan fingerprint density at radius 3 is 2.76 bits per heavy atom. The summed E-state index contributed by atoms with van der Waals surface area (Å²) in [4.78, 5) is 14.3. The molecule has 1 atom stereocenters. The quantitative estimate of drug-likeness (QED) is 0.857. The summed E-state index contributed by atoms with van der Waals surface area (Å²) in [5.41, 5.74) is 0.445. The molecular weight excluding hydrogens is 273 g/mol. The van der Waals surface area contributed by atoms with Crippen LogP contribution in [0, 0.1) is 5.82 Å². The Morgan fingerprint density at radius 2 is 2.00 bits per heavy atom. The number of carbonyl (C=O) groups excluding carboxylic acids is 1. The summed E-state index contributed by atoms with van der Waals surface area (Å²) in [7, 11) is 0. The molecule has 5 heteroatoms. The third kappa shape index (κ3) is 3.24. The van der Waals surface area contributed by atoms with Gasteiger partial charge in [0.25, 0.3) is 0 Å². The van der Waals surface area contributed by atoms with Crippen molar-refractivity contribution in [2.75, 3.05) is 19.8 Å². The normalized spacial score (nSPS) is 23.5. The molecule has 0 N–H and O–H groups in total. The van der Waals surface area contributed by atoms with Crippen molar-refractivity contribution in [2.24, 2.45) is 0 Å². The predicted octanol–water partition coefficient (Wildman–Crippen LogP) is 2.12. The monoisotopic (exact) mass is 293 g/mol. The summed E-state index contributed by atoms with van der Waals surface area (Å²) >= 11 is 0. The number of hydrogen-bond donors (Lipinski definition) is 0. The lowest BCUT2D eigenvalue weighted by Crippen LogP contribution is -2.50. The number of carbonyl (C=O) groups is 1. The van der Waals surface area contributed by atoms with Gasteiger partial charge in [0.2, 0.25) is 5.91 Å². The van der Waals surface area contributed by atoms with Crippen molar-refractivity contribution in [1.29, 1.82) is 0 Å². The maximum absolute atomic E-state index is 13.7. The molecule has 1 aromatic carbocycles. The maximum Gasteiger partial charge on any atom is 0.227 e. The van der Waals surface area contributed by atoms with Gasteiger partial charge in [0.1, 0.15) is 5.82 Å². The summed E-state index contributed by atoms with van der Waals surface area (Å²) in [6.07, 6.45) is 2.70. The summed E-state index contributed by atoms with van der Waals surface area (Å²) in [6.45, 7) is 1.86. The van der Waals surface area contributed by atoms with Crippen LogP contribution in [0.2, 0.25) is 0 Å². The average Bonchev–Trinajstić information content (AvgIpc) is 3.04. The molecule has 3 rings (SSSR count). The minimum atomic E-state index is -0.326. The van der Waals surface area contributed by atoms with Gasteiger partial charge in [-0.3, -0.25) is 4.79 Å². The van der Waals surface area contributed by atoms with Gasteiger partial charge in [-0.05, 0) is 30.9 Å². The Kier molecular flexibility index (Phi) is 4.51. The zero-order valence-electron chi connectivity index (χ0n) is 12.0. The highest BCUT2D eigenvalue weighted by atomic mass is 19.1. The molecule has 1 aromatic rings. The Labute approximate surface area is 123 Å². The molecule has 0 bridgehead atoms.